The highest BCUT2D eigenvalue weighted by Gasteiger charge is 2.38. The van der Waals surface area contributed by atoms with Crippen LogP contribution >= 0.6 is 27.3 Å². The summed E-state index contributed by atoms with van der Waals surface area (Å²) in [6, 6.07) is 2.13. The van der Waals surface area contributed by atoms with Crippen molar-refractivity contribution in [2.24, 2.45) is 11.3 Å². The fraction of sp³-hybridized carbons (Fsp3) is 0.615. The topological polar surface area (TPSA) is 17.1 Å². The molecule has 0 N–H and O–H groups in total. The lowest BCUT2D eigenvalue weighted by atomic mass is 9.66. The molecule has 0 bridgehead atoms. The Morgan fingerprint density at radius 3 is 2.88 bits per heavy atom. The summed E-state index contributed by atoms with van der Waals surface area (Å²) >= 11 is 5.26. The maximum Gasteiger partial charge on any atom is 0.136 e. The van der Waals surface area contributed by atoms with Crippen LogP contribution in [0.15, 0.2) is 15.2 Å². The van der Waals surface area contributed by atoms with Crippen LogP contribution in [0.1, 0.15) is 38.7 Å². The molecule has 1 heterocycles. The van der Waals surface area contributed by atoms with Crippen molar-refractivity contribution in [1.82, 2.24) is 0 Å². The van der Waals surface area contributed by atoms with Crippen molar-refractivity contribution >= 4 is 33.0 Å². The van der Waals surface area contributed by atoms with E-state index in [1.165, 1.54) is 15.8 Å². The lowest BCUT2D eigenvalue weighted by Gasteiger charge is -2.37. The second kappa shape index (κ2) is 4.61. The van der Waals surface area contributed by atoms with E-state index < -0.39 is 0 Å². The summed E-state index contributed by atoms with van der Waals surface area (Å²) in [5.41, 5.74) is 1.45. The molecule has 0 aliphatic heterocycles. The molecule has 0 radical (unpaired) electrons. The van der Waals surface area contributed by atoms with Crippen molar-refractivity contribution in [1.29, 1.82) is 0 Å². The number of rotatable bonds is 2. The first kappa shape index (κ1) is 12.3. The number of carbonyl (C=O) groups excluding carboxylic acids is 1. The average molecular weight is 301 g/mol. The Hall–Kier alpha value is -0.150. The Morgan fingerprint density at radius 2 is 2.31 bits per heavy atom. The molecule has 1 unspecified atom stereocenters. The number of hydrogen-bond donors (Lipinski definition) is 0. The van der Waals surface area contributed by atoms with Crippen LogP contribution in [0, 0.1) is 11.3 Å². The Labute approximate surface area is 109 Å². The van der Waals surface area contributed by atoms with Crippen molar-refractivity contribution in [3.63, 3.8) is 0 Å². The number of ketones is 1. The fourth-order valence-electron chi connectivity index (χ4n) is 2.58. The third kappa shape index (κ3) is 2.40. The molecule has 2 rings (SSSR count). The number of carbonyl (C=O) groups is 1. The summed E-state index contributed by atoms with van der Waals surface area (Å²) in [4.78, 5) is 12.0. The Morgan fingerprint density at radius 1 is 1.56 bits per heavy atom. The summed E-state index contributed by atoms with van der Waals surface area (Å²) in [6.07, 6.45) is 3.91. The first-order valence-electron chi connectivity index (χ1n) is 5.75. The van der Waals surface area contributed by atoms with Gasteiger partial charge < -0.3 is 0 Å². The largest absolute Gasteiger partial charge is 0.299 e. The molecule has 0 aromatic carbocycles. The van der Waals surface area contributed by atoms with E-state index in [-0.39, 0.29) is 11.3 Å². The minimum atomic E-state index is 0.163. The molecule has 1 aromatic rings. The molecule has 0 saturated heterocycles. The van der Waals surface area contributed by atoms with Crippen LogP contribution in [0.4, 0.5) is 0 Å². The zero-order valence-electron chi connectivity index (χ0n) is 9.75. The van der Waals surface area contributed by atoms with Gasteiger partial charge in [0.05, 0.1) is 3.79 Å². The monoisotopic (exact) mass is 300 g/mol. The molecule has 1 aliphatic carbocycles. The van der Waals surface area contributed by atoms with E-state index in [1.807, 2.05) is 0 Å². The van der Waals surface area contributed by atoms with Gasteiger partial charge in [-0.25, -0.2) is 0 Å². The van der Waals surface area contributed by atoms with E-state index in [4.69, 9.17) is 0 Å². The van der Waals surface area contributed by atoms with Crippen LogP contribution in [0.5, 0.6) is 0 Å². The van der Waals surface area contributed by atoms with E-state index in [0.29, 0.717) is 5.78 Å². The van der Waals surface area contributed by atoms with Gasteiger partial charge in [-0.2, -0.15) is 0 Å². The Bertz CT molecular complexity index is 394. The molecule has 16 heavy (non-hydrogen) atoms. The maximum absolute atomic E-state index is 12.0. The molecular weight excluding hydrogens is 284 g/mol. The third-order valence-corrected chi connectivity index (χ3v) is 5.50. The highest BCUT2D eigenvalue weighted by molar-refractivity contribution is 9.11. The lowest BCUT2D eigenvalue weighted by Crippen LogP contribution is -2.36. The van der Waals surface area contributed by atoms with Gasteiger partial charge in [-0.3, -0.25) is 4.79 Å². The van der Waals surface area contributed by atoms with Crippen LogP contribution in [0.2, 0.25) is 0 Å². The lowest BCUT2D eigenvalue weighted by molar-refractivity contribution is -0.129. The van der Waals surface area contributed by atoms with Gasteiger partial charge in [0.1, 0.15) is 5.78 Å². The maximum atomic E-state index is 12.0. The zero-order chi connectivity index (χ0) is 11.8. The van der Waals surface area contributed by atoms with Gasteiger partial charge in [-0.1, -0.05) is 13.8 Å². The predicted octanol–water partition coefficient (Wildman–Crippen LogP) is 4.45. The Kier molecular flexibility index (Phi) is 3.55. The highest BCUT2D eigenvalue weighted by Crippen LogP contribution is 2.41. The van der Waals surface area contributed by atoms with Gasteiger partial charge in [0, 0.05) is 12.3 Å². The summed E-state index contributed by atoms with van der Waals surface area (Å²) in [7, 11) is 0. The van der Waals surface area contributed by atoms with E-state index in [2.05, 4.69) is 41.2 Å². The molecule has 0 spiro atoms. The smallest absolute Gasteiger partial charge is 0.136 e. The summed E-state index contributed by atoms with van der Waals surface area (Å²) in [6.45, 7) is 4.46. The van der Waals surface area contributed by atoms with Crippen LogP contribution < -0.4 is 0 Å². The summed E-state index contributed by atoms with van der Waals surface area (Å²) < 4.78 is 1.18. The molecule has 1 aromatic heterocycles. The molecule has 0 amide bonds. The van der Waals surface area contributed by atoms with E-state index in [0.717, 1.165) is 19.3 Å². The van der Waals surface area contributed by atoms with Gasteiger partial charge in [-0.05, 0) is 57.6 Å². The molecule has 3 heteroatoms. The molecular formula is C13H17BrOS. The second-order valence-corrected chi connectivity index (χ2v) is 7.52. The van der Waals surface area contributed by atoms with Gasteiger partial charge in [0.2, 0.25) is 0 Å². The predicted molar refractivity (Wildman–Crippen MR) is 71.9 cm³/mol. The second-order valence-electron chi connectivity index (χ2n) is 5.28. The normalized spacial score (nSPS) is 24.7. The van der Waals surface area contributed by atoms with E-state index >= 15 is 0 Å². The number of hydrogen-bond acceptors (Lipinski definition) is 2. The van der Waals surface area contributed by atoms with Crippen LogP contribution in [0.3, 0.4) is 0 Å². The number of halogens is 1. The number of Topliss-reactive ketones (excluding diaryl/α,β-unsaturated/α-hetero) is 1. The van der Waals surface area contributed by atoms with Crippen LogP contribution in [-0.2, 0) is 11.2 Å². The first-order chi connectivity index (χ1) is 7.50. The van der Waals surface area contributed by atoms with Gasteiger partial charge >= 0.3 is 0 Å². The standard InChI is InChI=1S/C13H17BrOS/c1-13(2)6-3-4-11(15)10(13)8-9-5-7-16-12(9)14/h5,7,10H,3-4,6,8H2,1-2H3. The molecule has 1 atom stereocenters. The van der Waals surface area contributed by atoms with Crippen LogP contribution in [-0.4, -0.2) is 5.78 Å². The van der Waals surface area contributed by atoms with Crippen molar-refractivity contribution in [2.75, 3.05) is 0 Å². The van der Waals surface area contributed by atoms with Crippen molar-refractivity contribution in [2.45, 2.75) is 39.5 Å². The molecule has 1 fully saturated rings. The first-order valence-corrected chi connectivity index (χ1v) is 7.42. The quantitative estimate of drug-likeness (QED) is 0.789. The highest BCUT2D eigenvalue weighted by atomic mass is 79.9. The van der Waals surface area contributed by atoms with Gasteiger partial charge in [0.15, 0.2) is 0 Å². The summed E-state index contributed by atoms with van der Waals surface area (Å²) in [5.74, 6) is 0.654. The van der Waals surface area contributed by atoms with Gasteiger partial charge in [0.25, 0.3) is 0 Å². The van der Waals surface area contributed by atoms with E-state index in [9.17, 15) is 4.79 Å². The minimum Gasteiger partial charge on any atom is -0.299 e. The van der Waals surface area contributed by atoms with Crippen molar-refractivity contribution in [3.8, 4) is 0 Å². The zero-order valence-corrected chi connectivity index (χ0v) is 12.2. The fourth-order valence-corrected chi connectivity index (χ4v) is 3.85. The SMILES string of the molecule is CC1(C)CCCC(=O)C1Cc1ccsc1Br. The average Bonchev–Trinajstić information content (AvgIpc) is 2.58. The minimum absolute atomic E-state index is 0.163. The molecule has 1 saturated carbocycles. The summed E-state index contributed by atoms with van der Waals surface area (Å²) in [5, 5.41) is 2.08. The van der Waals surface area contributed by atoms with Gasteiger partial charge in [-0.15, -0.1) is 11.3 Å². The van der Waals surface area contributed by atoms with Crippen molar-refractivity contribution in [3.05, 3.63) is 20.8 Å². The van der Waals surface area contributed by atoms with Crippen LogP contribution in [0.25, 0.3) is 0 Å². The molecule has 1 aliphatic rings. The Balaban J connectivity index is 2.18. The molecule has 88 valence electrons. The third-order valence-electron chi connectivity index (χ3n) is 3.69. The molecule has 1 nitrogen and oxygen atoms in total. The number of thiophene rings is 1. The van der Waals surface area contributed by atoms with E-state index in [1.54, 1.807) is 11.3 Å². The van der Waals surface area contributed by atoms with Crippen molar-refractivity contribution < 1.29 is 4.79 Å².